The first-order chi connectivity index (χ1) is 10.00. The van der Waals surface area contributed by atoms with Gasteiger partial charge in [-0.15, -0.1) is 0 Å². The highest BCUT2D eigenvalue weighted by Crippen LogP contribution is 2.32. The number of methoxy groups -OCH3 is 1. The smallest absolute Gasteiger partial charge is 0.263 e. The Balaban J connectivity index is 2.57. The zero-order valence-corrected chi connectivity index (χ0v) is 12.4. The topological polar surface area (TPSA) is 49.8 Å². The molecule has 21 heavy (non-hydrogen) atoms. The van der Waals surface area contributed by atoms with Crippen LogP contribution in [0.3, 0.4) is 0 Å². The van der Waals surface area contributed by atoms with Gasteiger partial charge in [-0.1, -0.05) is 42.5 Å². The number of rotatable bonds is 4. The second-order valence-corrected chi connectivity index (χ2v) is 5.00. The molecule has 0 bridgehead atoms. The number of ether oxygens (including phenoxy) is 1. The minimum absolute atomic E-state index is 0.390. The molecule has 4 heteroatoms. The Labute approximate surface area is 124 Å². The lowest BCUT2D eigenvalue weighted by Gasteiger charge is -2.30. The lowest BCUT2D eigenvalue weighted by atomic mass is 9.85. The van der Waals surface area contributed by atoms with Gasteiger partial charge in [0, 0.05) is 14.1 Å². The number of hydrogen-bond acceptors (Lipinski definition) is 3. The first-order valence-electron chi connectivity index (χ1n) is 6.64. The first kappa shape index (κ1) is 15.1. The van der Waals surface area contributed by atoms with Crippen molar-refractivity contribution in [1.82, 2.24) is 4.90 Å². The maximum Gasteiger partial charge on any atom is 0.263 e. The summed E-state index contributed by atoms with van der Waals surface area (Å²) in [5, 5.41) is 11.1. The SMILES string of the molecule is COc1ccc(C(O)(C(=O)N(C)C)c2ccccc2)cc1. The molecule has 1 amide bonds. The van der Waals surface area contributed by atoms with E-state index in [2.05, 4.69) is 0 Å². The summed E-state index contributed by atoms with van der Waals surface area (Å²) in [4.78, 5) is 14.0. The van der Waals surface area contributed by atoms with E-state index < -0.39 is 5.60 Å². The molecule has 0 radical (unpaired) electrons. The predicted molar refractivity (Wildman–Crippen MR) is 81.1 cm³/mol. The Morgan fingerprint density at radius 1 is 1.00 bits per heavy atom. The van der Waals surface area contributed by atoms with Crippen molar-refractivity contribution in [2.24, 2.45) is 0 Å². The summed E-state index contributed by atoms with van der Waals surface area (Å²) in [6, 6.07) is 15.8. The summed E-state index contributed by atoms with van der Waals surface area (Å²) >= 11 is 0. The third-order valence-corrected chi connectivity index (χ3v) is 3.42. The molecule has 4 nitrogen and oxygen atoms in total. The van der Waals surface area contributed by atoms with E-state index in [-0.39, 0.29) is 5.91 Å². The van der Waals surface area contributed by atoms with Crippen LogP contribution in [0.25, 0.3) is 0 Å². The molecule has 2 aromatic rings. The van der Waals surface area contributed by atoms with Crippen LogP contribution in [0, 0.1) is 0 Å². The van der Waals surface area contributed by atoms with Crippen molar-refractivity contribution in [1.29, 1.82) is 0 Å². The van der Waals surface area contributed by atoms with Crippen LogP contribution < -0.4 is 4.74 Å². The number of hydrogen-bond donors (Lipinski definition) is 1. The molecule has 2 rings (SSSR count). The highest BCUT2D eigenvalue weighted by atomic mass is 16.5. The minimum atomic E-state index is -1.71. The van der Waals surface area contributed by atoms with Crippen LogP contribution in [0.15, 0.2) is 54.6 Å². The summed E-state index contributed by atoms with van der Waals surface area (Å²) in [5.41, 5.74) is -0.668. The first-order valence-corrected chi connectivity index (χ1v) is 6.64. The Morgan fingerprint density at radius 3 is 2.00 bits per heavy atom. The molecule has 0 spiro atoms. The molecule has 1 N–H and O–H groups in total. The average molecular weight is 285 g/mol. The number of carbonyl (C=O) groups is 1. The molecule has 2 aromatic carbocycles. The van der Waals surface area contributed by atoms with E-state index >= 15 is 0 Å². The second-order valence-electron chi connectivity index (χ2n) is 5.00. The largest absolute Gasteiger partial charge is 0.497 e. The van der Waals surface area contributed by atoms with Gasteiger partial charge in [-0.25, -0.2) is 0 Å². The minimum Gasteiger partial charge on any atom is -0.497 e. The van der Waals surface area contributed by atoms with E-state index in [9.17, 15) is 9.90 Å². The van der Waals surface area contributed by atoms with Gasteiger partial charge < -0.3 is 14.7 Å². The van der Waals surface area contributed by atoms with Crippen molar-refractivity contribution in [3.05, 3.63) is 65.7 Å². The highest BCUT2D eigenvalue weighted by molar-refractivity contribution is 5.89. The summed E-state index contributed by atoms with van der Waals surface area (Å²) in [7, 11) is 4.82. The monoisotopic (exact) mass is 285 g/mol. The van der Waals surface area contributed by atoms with Gasteiger partial charge in [0.15, 0.2) is 5.60 Å². The zero-order valence-electron chi connectivity index (χ0n) is 12.4. The maximum absolute atomic E-state index is 12.6. The Hall–Kier alpha value is -2.33. The molecule has 0 aliphatic carbocycles. The van der Waals surface area contributed by atoms with Crippen molar-refractivity contribution < 1.29 is 14.6 Å². The van der Waals surface area contributed by atoms with Gasteiger partial charge in [0.05, 0.1) is 7.11 Å². The zero-order chi connectivity index (χ0) is 15.5. The van der Waals surface area contributed by atoms with E-state index in [1.54, 1.807) is 69.7 Å². The summed E-state index contributed by atoms with van der Waals surface area (Å²) in [6.45, 7) is 0. The van der Waals surface area contributed by atoms with E-state index in [0.717, 1.165) is 0 Å². The third-order valence-electron chi connectivity index (χ3n) is 3.42. The standard InChI is InChI=1S/C17H19NO3/c1-18(2)16(19)17(20,13-7-5-4-6-8-13)14-9-11-15(21-3)12-10-14/h4-12,20H,1-3H3. The number of nitrogens with zero attached hydrogens (tertiary/aromatic N) is 1. The number of amides is 1. The molecule has 0 saturated carbocycles. The fourth-order valence-electron chi connectivity index (χ4n) is 2.25. The fraction of sp³-hybridized carbons (Fsp3) is 0.235. The highest BCUT2D eigenvalue weighted by Gasteiger charge is 2.40. The third kappa shape index (κ3) is 2.76. The molecule has 0 saturated heterocycles. The quantitative estimate of drug-likeness (QED) is 0.935. The van der Waals surface area contributed by atoms with Crippen LogP contribution in [0.1, 0.15) is 11.1 Å². The van der Waals surface area contributed by atoms with Gasteiger partial charge >= 0.3 is 0 Å². The van der Waals surface area contributed by atoms with E-state index in [1.807, 2.05) is 6.07 Å². The maximum atomic E-state index is 12.6. The molecule has 0 aliphatic heterocycles. The Morgan fingerprint density at radius 2 is 1.52 bits per heavy atom. The van der Waals surface area contributed by atoms with Crippen LogP contribution in [0.2, 0.25) is 0 Å². The number of likely N-dealkylation sites (N-methyl/N-ethyl adjacent to an activating group) is 1. The number of aliphatic hydroxyl groups is 1. The molecule has 1 unspecified atom stereocenters. The molecule has 0 fully saturated rings. The normalized spacial score (nSPS) is 13.3. The van der Waals surface area contributed by atoms with Crippen LogP contribution >= 0.6 is 0 Å². The average Bonchev–Trinajstić information content (AvgIpc) is 2.54. The van der Waals surface area contributed by atoms with Gasteiger partial charge in [-0.3, -0.25) is 4.79 Å². The second kappa shape index (κ2) is 5.97. The Kier molecular flexibility index (Phi) is 4.29. The summed E-state index contributed by atoms with van der Waals surface area (Å²) in [5.74, 6) is 0.283. The van der Waals surface area contributed by atoms with Crippen LogP contribution in [-0.2, 0) is 10.4 Å². The van der Waals surface area contributed by atoms with Crippen molar-refractivity contribution in [3.8, 4) is 5.75 Å². The van der Waals surface area contributed by atoms with E-state index in [4.69, 9.17) is 4.74 Å². The number of carbonyl (C=O) groups excluding carboxylic acids is 1. The van der Waals surface area contributed by atoms with Crippen molar-refractivity contribution in [2.45, 2.75) is 5.60 Å². The molecule has 110 valence electrons. The van der Waals surface area contributed by atoms with Crippen molar-refractivity contribution in [2.75, 3.05) is 21.2 Å². The van der Waals surface area contributed by atoms with Crippen molar-refractivity contribution >= 4 is 5.91 Å². The van der Waals surface area contributed by atoms with Crippen LogP contribution in [0.5, 0.6) is 5.75 Å². The van der Waals surface area contributed by atoms with Crippen molar-refractivity contribution in [3.63, 3.8) is 0 Å². The van der Waals surface area contributed by atoms with Gasteiger partial charge in [0.1, 0.15) is 5.75 Å². The molecular formula is C17H19NO3. The lowest BCUT2D eigenvalue weighted by molar-refractivity contribution is -0.145. The van der Waals surface area contributed by atoms with Crippen LogP contribution in [0.4, 0.5) is 0 Å². The van der Waals surface area contributed by atoms with Gasteiger partial charge in [-0.05, 0) is 23.3 Å². The van der Waals surface area contributed by atoms with E-state index in [1.165, 1.54) is 4.90 Å². The van der Waals surface area contributed by atoms with Gasteiger partial charge in [0.25, 0.3) is 5.91 Å². The van der Waals surface area contributed by atoms with Crippen LogP contribution in [-0.4, -0.2) is 37.1 Å². The Bertz CT molecular complexity index is 608. The molecule has 0 aromatic heterocycles. The molecule has 1 atom stereocenters. The molecule has 0 aliphatic rings. The summed E-state index contributed by atoms with van der Waals surface area (Å²) < 4.78 is 5.12. The number of benzene rings is 2. The summed E-state index contributed by atoms with van der Waals surface area (Å²) in [6.07, 6.45) is 0. The predicted octanol–water partition coefficient (Wildman–Crippen LogP) is 2.02. The van der Waals surface area contributed by atoms with Gasteiger partial charge in [0.2, 0.25) is 0 Å². The van der Waals surface area contributed by atoms with Gasteiger partial charge in [-0.2, -0.15) is 0 Å². The lowest BCUT2D eigenvalue weighted by Crippen LogP contribution is -2.44. The molecule has 0 heterocycles. The fourth-order valence-corrected chi connectivity index (χ4v) is 2.25. The molecular weight excluding hydrogens is 266 g/mol. The van der Waals surface area contributed by atoms with E-state index in [0.29, 0.717) is 16.9 Å².